The Morgan fingerprint density at radius 1 is 0.786 bits per heavy atom. The molecule has 14 heavy (non-hydrogen) atoms. The highest BCUT2D eigenvalue weighted by atomic mass is 16.6. The molecule has 0 aromatic carbocycles. The number of methoxy groups -OCH3 is 3. The van der Waals surface area contributed by atoms with Gasteiger partial charge >= 0.3 is 17.9 Å². The summed E-state index contributed by atoms with van der Waals surface area (Å²) in [4.78, 5) is 33.6. The van der Waals surface area contributed by atoms with Crippen molar-refractivity contribution in [2.75, 3.05) is 21.3 Å². The molecule has 0 aliphatic rings. The van der Waals surface area contributed by atoms with Gasteiger partial charge < -0.3 is 14.2 Å². The molecule has 0 saturated carbocycles. The molecule has 0 spiro atoms. The van der Waals surface area contributed by atoms with Gasteiger partial charge in [0.15, 0.2) is 0 Å². The number of carbonyl (C=O) groups is 3. The van der Waals surface area contributed by atoms with E-state index in [-0.39, 0.29) is 0 Å². The van der Waals surface area contributed by atoms with Gasteiger partial charge in [-0.05, 0) is 6.92 Å². The van der Waals surface area contributed by atoms with Gasteiger partial charge in [-0.3, -0.25) is 14.4 Å². The quantitative estimate of drug-likeness (QED) is 0.350. The van der Waals surface area contributed by atoms with E-state index in [4.69, 9.17) is 0 Å². The van der Waals surface area contributed by atoms with Gasteiger partial charge in [-0.25, -0.2) is 0 Å². The molecule has 0 unspecified atom stereocenters. The third kappa shape index (κ3) is 1.84. The first-order valence-corrected chi connectivity index (χ1v) is 3.70. The monoisotopic (exact) mass is 204 g/mol. The lowest BCUT2D eigenvalue weighted by molar-refractivity contribution is -0.178. The zero-order chi connectivity index (χ0) is 11.4. The second kappa shape index (κ2) is 4.59. The van der Waals surface area contributed by atoms with Gasteiger partial charge in [0.05, 0.1) is 21.3 Å². The van der Waals surface area contributed by atoms with E-state index in [1.54, 1.807) is 0 Å². The molecule has 80 valence electrons. The summed E-state index contributed by atoms with van der Waals surface area (Å²) in [7, 11) is 3.19. The van der Waals surface area contributed by atoms with Crippen LogP contribution in [0.4, 0.5) is 0 Å². The number of esters is 3. The first-order valence-electron chi connectivity index (χ1n) is 3.70. The zero-order valence-electron chi connectivity index (χ0n) is 8.45. The summed E-state index contributed by atoms with van der Waals surface area (Å²) >= 11 is 0. The summed E-state index contributed by atoms with van der Waals surface area (Å²) in [6, 6.07) is 0. The Morgan fingerprint density at radius 3 is 1.14 bits per heavy atom. The Labute approximate surface area is 81.1 Å². The van der Waals surface area contributed by atoms with Crippen molar-refractivity contribution in [2.45, 2.75) is 6.92 Å². The minimum Gasteiger partial charge on any atom is -0.468 e. The Balaban J connectivity index is 5.14. The summed E-state index contributed by atoms with van der Waals surface area (Å²) in [6.45, 7) is 1.08. The Bertz CT molecular complexity index is 216. The van der Waals surface area contributed by atoms with E-state index in [2.05, 4.69) is 14.2 Å². The molecule has 0 amide bonds. The maximum Gasteiger partial charge on any atom is 0.334 e. The molecule has 0 aromatic heterocycles. The Morgan fingerprint density at radius 2 is 1.00 bits per heavy atom. The van der Waals surface area contributed by atoms with Gasteiger partial charge in [0, 0.05) is 0 Å². The molecule has 0 atom stereocenters. The molecule has 0 rings (SSSR count). The highest BCUT2D eigenvalue weighted by molar-refractivity contribution is 6.17. The van der Waals surface area contributed by atoms with Crippen LogP contribution in [0.2, 0.25) is 0 Å². The lowest BCUT2D eigenvalue weighted by Crippen LogP contribution is -2.46. The third-order valence-corrected chi connectivity index (χ3v) is 1.78. The summed E-state index contributed by atoms with van der Waals surface area (Å²) < 4.78 is 13.0. The average Bonchev–Trinajstić information content (AvgIpc) is 2.24. The highest BCUT2D eigenvalue weighted by Gasteiger charge is 2.52. The molecule has 0 N–H and O–H groups in total. The summed E-state index contributed by atoms with van der Waals surface area (Å²) in [5.41, 5.74) is -2.06. The fraction of sp³-hybridized carbons (Fsp3) is 0.625. The van der Waals surface area contributed by atoms with E-state index in [1.807, 2.05) is 0 Å². The first kappa shape index (κ1) is 12.4. The van der Waals surface area contributed by atoms with Gasteiger partial charge in [-0.2, -0.15) is 0 Å². The second-order valence-electron chi connectivity index (χ2n) is 2.60. The third-order valence-electron chi connectivity index (χ3n) is 1.78. The average molecular weight is 204 g/mol. The molecule has 6 heteroatoms. The summed E-state index contributed by atoms with van der Waals surface area (Å²) in [6.07, 6.45) is 0. The Kier molecular flexibility index (Phi) is 4.07. The van der Waals surface area contributed by atoms with Crippen molar-refractivity contribution >= 4 is 17.9 Å². The molecule has 0 fully saturated rings. The largest absolute Gasteiger partial charge is 0.468 e. The molecule has 0 radical (unpaired) electrons. The fourth-order valence-electron chi connectivity index (χ4n) is 0.862. The SMILES string of the molecule is COC(=O)C(C)(C(=O)OC)C(=O)OC. The van der Waals surface area contributed by atoms with Crippen LogP contribution in [0.1, 0.15) is 6.92 Å². The van der Waals surface area contributed by atoms with Crippen LogP contribution >= 0.6 is 0 Å². The molecule has 6 nitrogen and oxygen atoms in total. The maximum absolute atomic E-state index is 11.2. The van der Waals surface area contributed by atoms with Crippen molar-refractivity contribution in [1.82, 2.24) is 0 Å². The second-order valence-corrected chi connectivity index (χ2v) is 2.60. The van der Waals surface area contributed by atoms with Crippen LogP contribution in [0.3, 0.4) is 0 Å². The number of rotatable bonds is 3. The predicted octanol–water partition coefficient (Wildman–Crippen LogP) is -0.488. The fourth-order valence-corrected chi connectivity index (χ4v) is 0.862. The molecular formula is C8H12O6. The highest BCUT2D eigenvalue weighted by Crippen LogP contribution is 2.22. The van der Waals surface area contributed by atoms with Crippen LogP contribution in [0, 0.1) is 5.41 Å². The predicted molar refractivity (Wildman–Crippen MR) is 44.2 cm³/mol. The van der Waals surface area contributed by atoms with Gasteiger partial charge in [-0.1, -0.05) is 0 Å². The molecule has 0 aliphatic carbocycles. The van der Waals surface area contributed by atoms with Crippen molar-refractivity contribution < 1.29 is 28.6 Å². The van der Waals surface area contributed by atoms with Gasteiger partial charge in [0.1, 0.15) is 0 Å². The molecular weight excluding hydrogens is 192 g/mol. The van der Waals surface area contributed by atoms with E-state index in [1.165, 1.54) is 0 Å². The van der Waals surface area contributed by atoms with E-state index < -0.39 is 23.3 Å². The van der Waals surface area contributed by atoms with Crippen molar-refractivity contribution in [2.24, 2.45) is 5.41 Å². The standard InChI is InChI=1S/C8H12O6/c1-8(5(9)12-2,6(10)13-3)7(11)14-4/h1-4H3. The van der Waals surface area contributed by atoms with Gasteiger partial charge in [-0.15, -0.1) is 0 Å². The molecule has 0 aromatic rings. The van der Waals surface area contributed by atoms with Crippen molar-refractivity contribution in [3.8, 4) is 0 Å². The van der Waals surface area contributed by atoms with Crippen molar-refractivity contribution in [3.63, 3.8) is 0 Å². The van der Waals surface area contributed by atoms with E-state index >= 15 is 0 Å². The molecule has 0 aliphatic heterocycles. The van der Waals surface area contributed by atoms with E-state index in [9.17, 15) is 14.4 Å². The lowest BCUT2D eigenvalue weighted by Gasteiger charge is -2.20. The number of hydrogen-bond acceptors (Lipinski definition) is 6. The first-order chi connectivity index (χ1) is 6.44. The van der Waals surface area contributed by atoms with Crippen LogP contribution in [0.15, 0.2) is 0 Å². The molecule has 0 saturated heterocycles. The smallest absolute Gasteiger partial charge is 0.334 e. The maximum atomic E-state index is 11.2. The Hall–Kier alpha value is -1.59. The zero-order valence-corrected chi connectivity index (χ0v) is 8.45. The minimum atomic E-state index is -2.06. The lowest BCUT2D eigenvalue weighted by atomic mass is 9.91. The van der Waals surface area contributed by atoms with Crippen LogP contribution in [-0.4, -0.2) is 39.2 Å². The topological polar surface area (TPSA) is 78.9 Å². The number of carbonyl (C=O) groups excluding carboxylic acids is 3. The van der Waals surface area contributed by atoms with Gasteiger partial charge in [0.25, 0.3) is 5.41 Å². The summed E-state index contributed by atoms with van der Waals surface area (Å²) in [5.74, 6) is -3.05. The van der Waals surface area contributed by atoms with Crippen LogP contribution in [0.5, 0.6) is 0 Å². The van der Waals surface area contributed by atoms with Crippen molar-refractivity contribution in [3.05, 3.63) is 0 Å². The molecule has 0 bridgehead atoms. The molecule has 0 heterocycles. The van der Waals surface area contributed by atoms with Crippen LogP contribution in [0.25, 0.3) is 0 Å². The van der Waals surface area contributed by atoms with Crippen LogP contribution in [-0.2, 0) is 28.6 Å². The van der Waals surface area contributed by atoms with Crippen LogP contribution < -0.4 is 0 Å². The van der Waals surface area contributed by atoms with Crippen molar-refractivity contribution in [1.29, 1.82) is 0 Å². The normalized spacial score (nSPS) is 10.3. The summed E-state index contributed by atoms with van der Waals surface area (Å²) in [5, 5.41) is 0. The number of ether oxygens (including phenoxy) is 3. The minimum absolute atomic E-state index is 1.02. The number of hydrogen-bond donors (Lipinski definition) is 0. The van der Waals surface area contributed by atoms with E-state index in [0.717, 1.165) is 28.3 Å². The van der Waals surface area contributed by atoms with Gasteiger partial charge in [0.2, 0.25) is 0 Å². The van der Waals surface area contributed by atoms with E-state index in [0.29, 0.717) is 0 Å².